The van der Waals surface area contributed by atoms with Crippen LogP contribution in [0, 0.1) is 0 Å². The largest absolute Gasteiger partial charge is 0.449 e. The Hall–Kier alpha value is -2.24. The van der Waals surface area contributed by atoms with E-state index in [1.54, 1.807) is 38.4 Å². The molecule has 0 heterocycles. The van der Waals surface area contributed by atoms with Crippen molar-refractivity contribution in [2.75, 3.05) is 26.0 Å². The van der Waals surface area contributed by atoms with Gasteiger partial charge in [0.25, 0.3) is 0 Å². The van der Waals surface area contributed by atoms with Gasteiger partial charge in [0.05, 0.1) is 6.61 Å². The Kier molecular flexibility index (Phi) is 5.66. The lowest BCUT2D eigenvalue weighted by molar-refractivity contribution is 0.161. The van der Waals surface area contributed by atoms with Crippen molar-refractivity contribution < 1.29 is 19.1 Å². The zero-order valence-corrected chi connectivity index (χ0v) is 11.3. The number of nitrogens with one attached hydrogen (secondary N) is 1. The predicted octanol–water partition coefficient (Wildman–Crippen LogP) is 2.71. The topological polar surface area (TPSA) is 67.9 Å². The van der Waals surface area contributed by atoms with Gasteiger partial charge < -0.3 is 14.4 Å². The lowest BCUT2D eigenvalue weighted by Gasteiger charge is -2.11. The van der Waals surface area contributed by atoms with Crippen LogP contribution in [0.3, 0.4) is 0 Å². The monoisotopic (exact) mass is 266 g/mol. The first-order valence-corrected chi connectivity index (χ1v) is 5.96. The fourth-order valence-electron chi connectivity index (χ4n) is 1.18. The van der Waals surface area contributed by atoms with E-state index in [0.29, 0.717) is 18.0 Å². The van der Waals surface area contributed by atoms with E-state index in [2.05, 4.69) is 5.32 Å². The molecule has 0 aromatic heterocycles. The lowest BCUT2D eigenvalue weighted by atomic mass is 10.3. The summed E-state index contributed by atoms with van der Waals surface area (Å²) in [5, 5.41) is 2.55. The summed E-state index contributed by atoms with van der Waals surface area (Å²) in [5.41, 5.74) is 0.505. The van der Waals surface area contributed by atoms with E-state index in [0.717, 1.165) is 6.42 Å². The molecule has 1 aromatic rings. The van der Waals surface area contributed by atoms with Crippen molar-refractivity contribution in [1.29, 1.82) is 0 Å². The molecule has 2 amide bonds. The number of carbonyl (C=O) groups is 2. The van der Waals surface area contributed by atoms with E-state index in [1.165, 1.54) is 4.90 Å². The summed E-state index contributed by atoms with van der Waals surface area (Å²) < 4.78 is 9.96. The summed E-state index contributed by atoms with van der Waals surface area (Å²) in [6.07, 6.45) is -0.253. The minimum Gasteiger partial charge on any atom is -0.449 e. The summed E-state index contributed by atoms with van der Waals surface area (Å²) in [6, 6.07) is 6.53. The molecule has 1 aromatic carbocycles. The van der Waals surface area contributed by atoms with Crippen LogP contribution < -0.4 is 10.1 Å². The molecule has 6 heteroatoms. The highest BCUT2D eigenvalue weighted by Gasteiger charge is 2.08. The van der Waals surface area contributed by atoms with Gasteiger partial charge in [-0.05, 0) is 18.6 Å². The normalized spacial score (nSPS) is 9.63. The van der Waals surface area contributed by atoms with Crippen LogP contribution in [0.5, 0.6) is 5.75 Å². The number of hydrogen-bond acceptors (Lipinski definition) is 4. The maximum atomic E-state index is 11.4. The van der Waals surface area contributed by atoms with Crippen LogP contribution >= 0.6 is 0 Å². The third kappa shape index (κ3) is 5.29. The molecule has 0 radical (unpaired) electrons. The fraction of sp³-hybridized carbons (Fsp3) is 0.385. The standard InChI is InChI=1S/C13H18N2O4/c1-4-8-18-12(16)14-10-6-5-7-11(9-10)19-13(17)15(2)3/h5-7,9H,4,8H2,1-3H3,(H,14,16). The van der Waals surface area contributed by atoms with Crippen molar-refractivity contribution in [3.63, 3.8) is 0 Å². The number of amides is 2. The first-order valence-electron chi connectivity index (χ1n) is 5.96. The van der Waals surface area contributed by atoms with Gasteiger partial charge in [0.15, 0.2) is 0 Å². The summed E-state index contributed by atoms with van der Waals surface area (Å²) in [4.78, 5) is 24.1. The Morgan fingerprint density at radius 3 is 2.68 bits per heavy atom. The molecule has 0 aliphatic carbocycles. The van der Waals surface area contributed by atoms with Gasteiger partial charge in [-0.3, -0.25) is 5.32 Å². The summed E-state index contributed by atoms with van der Waals surface area (Å²) in [5.74, 6) is 0.354. The van der Waals surface area contributed by atoms with E-state index in [4.69, 9.17) is 9.47 Å². The van der Waals surface area contributed by atoms with E-state index < -0.39 is 12.2 Å². The van der Waals surface area contributed by atoms with Gasteiger partial charge >= 0.3 is 12.2 Å². The van der Waals surface area contributed by atoms with Crippen LogP contribution in [0.1, 0.15) is 13.3 Å². The molecule has 0 fully saturated rings. The number of ether oxygens (including phenoxy) is 2. The molecule has 0 unspecified atom stereocenters. The number of rotatable bonds is 4. The molecule has 0 aliphatic rings. The smallest absolute Gasteiger partial charge is 0.414 e. The van der Waals surface area contributed by atoms with Crippen LogP contribution in [-0.4, -0.2) is 37.8 Å². The minimum atomic E-state index is -0.530. The predicted molar refractivity (Wildman–Crippen MR) is 71.4 cm³/mol. The third-order valence-corrected chi connectivity index (χ3v) is 2.09. The molecule has 0 saturated heterocycles. The Labute approximate surface area is 112 Å². The van der Waals surface area contributed by atoms with Gasteiger partial charge in [0.2, 0.25) is 0 Å². The van der Waals surface area contributed by atoms with E-state index in [9.17, 15) is 9.59 Å². The first kappa shape index (κ1) is 14.8. The summed E-state index contributed by atoms with van der Waals surface area (Å²) in [7, 11) is 3.18. The highest BCUT2D eigenvalue weighted by Crippen LogP contribution is 2.18. The lowest BCUT2D eigenvalue weighted by Crippen LogP contribution is -2.25. The van der Waals surface area contributed by atoms with E-state index in [-0.39, 0.29) is 0 Å². The van der Waals surface area contributed by atoms with Gasteiger partial charge in [-0.2, -0.15) is 0 Å². The maximum absolute atomic E-state index is 11.4. The maximum Gasteiger partial charge on any atom is 0.414 e. The first-order chi connectivity index (χ1) is 9.02. The second kappa shape index (κ2) is 7.25. The average Bonchev–Trinajstić information content (AvgIpc) is 2.36. The molecule has 0 saturated carbocycles. The highest BCUT2D eigenvalue weighted by atomic mass is 16.6. The molecule has 104 valence electrons. The van der Waals surface area contributed by atoms with Gasteiger partial charge in [-0.1, -0.05) is 13.0 Å². The molecule has 0 atom stereocenters. The van der Waals surface area contributed by atoms with Crippen molar-refractivity contribution in [2.45, 2.75) is 13.3 Å². The molecule has 0 aliphatic heterocycles. The van der Waals surface area contributed by atoms with Gasteiger partial charge in [0, 0.05) is 25.8 Å². The van der Waals surface area contributed by atoms with Gasteiger partial charge in [-0.15, -0.1) is 0 Å². The van der Waals surface area contributed by atoms with E-state index >= 15 is 0 Å². The van der Waals surface area contributed by atoms with Crippen LogP contribution in [0.15, 0.2) is 24.3 Å². The third-order valence-electron chi connectivity index (χ3n) is 2.09. The number of carbonyl (C=O) groups excluding carboxylic acids is 2. The number of nitrogens with zero attached hydrogens (tertiary/aromatic N) is 1. The average molecular weight is 266 g/mol. The number of hydrogen-bond donors (Lipinski definition) is 1. The number of anilines is 1. The molecule has 1 N–H and O–H groups in total. The zero-order valence-electron chi connectivity index (χ0n) is 11.3. The molecule has 1 rings (SSSR count). The van der Waals surface area contributed by atoms with Crippen molar-refractivity contribution >= 4 is 17.9 Å². The van der Waals surface area contributed by atoms with Crippen LogP contribution in [0.4, 0.5) is 15.3 Å². The second-order valence-corrected chi connectivity index (χ2v) is 4.05. The Balaban J connectivity index is 2.61. The van der Waals surface area contributed by atoms with Crippen molar-refractivity contribution in [3.8, 4) is 5.75 Å². The Bertz CT molecular complexity index is 446. The van der Waals surface area contributed by atoms with Gasteiger partial charge in [0.1, 0.15) is 5.75 Å². The molecule has 19 heavy (non-hydrogen) atoms. The van der Waals surface area contributed by atoms with Crippen molar-refractivity contribution in [2.24, 2.45) is 0 Å². The molecule has 6 nitrogen and oxygen atoms in total. The van der Waals surface area contributed by atoms with Crippen LogP contribution in [0.25, 0.3) is 0 Å². The minimum absolute atomic E-state index is 0.354. The molecular weight excluding hydrogens is 248 g/mol. The van der Waals surface area contributed by atoms with E-state index in [1.807, 2.05) is 6.92 Å². The second-order valence-electron chi connectivity index (χ2n) is 4.05. The fourth-order valence-corrected chi connectivity index (χ4v) is 1.18. The van der Waals surface area contributed by atoms with Crippen LogP contribution in [0.2, 0.25) is 0 Å². The van der Waals surface area contributed by atoms with Crippen LogP contribution in [-0.2, 0) is 4.74 Å². The number of benzene rings is 1. The summed E-state index contributed by atoms with van der Waals surface area (Å²) in [6.45, 7) is 2.27. The van der Waals surface area contributed by atoms with Gasteiger partial charge in [-0.25, -0.2) is 9.59 Å². The zero-order chi connectivity index (χ0) is 14.3. The Morgan fingerprint density at radius 2 is 2.05 bits per heavy atom. The Morgan fingerprint density at radius 1 is 1.32 bits per heavy atom. The summed E-state index contributed by atoms with van der Waals surface area (Å²) >= 11 is 0. The molecule has 0 spiro atoms. The quantitative estimate of drug-likeness (QED) is 0.909. The van der Waals surface area contributed by atoms with Crippen molar-refractivity contribution in [3.05, 3.63) is 24.3 Å². The molecule has 0 bridgehead atoms. The van der Waals surface area contributed by atoms with Crippen molar-refractivity contribution in [1.82, 2.24) is 4.90 Å². The molecular formula is C13H18N2O4. The SMILES string of the molecule is CCCOC(=O)Nc1cccc(OC(=O)N(C)C)c1. The highest BCUT2D eigenvalue weighted by molar-refractivity contribution is 5.85.